The number of benzene rings is 2. The van der Waals surface area contributed by atoms with Crippen LogP contribution in [0.4, 0.5) is 8.78 Å². The van der Waals surface area contributed by atoms with Gasteiger partial charge in [0.25, 0.3) is 0 Å². The lowest BCUT2D eigenvalue weighted by molar-refractivity contribution is 0.295. The van der Waals surface area contributed by atoms with Crippen molar-refractivity contribution in [3.8, 4) is 16.9 Å². The van der Waals surface area contributed by atoms with E-state index in [1.165, 1.54) is 6.07 Å². The predicted molar refractivity (Wildman–Crippen MR) is 72.3 cm³/mol. The molecule has 1 nitrogen and oxygen atoms in total. The summed E-state index contributed by atoms with van der Waals surface area (Å²) in [5, 5.41) is 0. The summed E-state index contributed by atoms with van der Waals surface area (Å²) >= 11 is 0. The largest absolute Gasteiger partial charge is 0.490 e. The van der Waals surface area contributed by atoms with E-state index < -0.39 is 11.6 Å². The Morgan fingerprint density at radius 3 is 2.26 bits per heavy atom. The maximum atomic E-state index is 14.0. The van der Waals surface area contributed by atoms with Gasteiger partial charge < -0.3 is 4.74 Å². The molecule has 0 fully saturated rings. The van der Waals surface area contributed by atoms with E-state index in [-0.39, 0.29) is 11.3 Å². The predicted octanol–water partition coefficient (Wildman–Crippen LogP) is 4.73. The summed E-state index contributed by atoms with van der Waals surface area (Å²) in [5.74, 6) is -1.82. The summed E-state index contributed by atoms with van der Waals surface area (Å²) in [5.41, 5.74) is 1.98. The van der Waals surface area contributed by atoms with Crippen molar-refractivity contribution in [3.05, 3.63) is 53.6 Å². The lowest BCUT2D eigenvalue weighted by Gasteiger charge is -2.10. The highest BCUT2D eigenvalue weighted by Gasteiger charge is 2.15. The van der Waals surface area contributed by atoms with Gasteiger partial charge in [0.05, 0.1) is 6.61 Å². The molecule has 0 aliphatic heterocycles. The summed E-state index contributed by atoms with van der Waals surface area (Å²) in [6.45, 7) is 4.23. The van der Waals surface area contributed by atoms with Gasteiger partial charge in [-0.3, -0.25) is 0 Å². The summed E-state index contributed by atoms with van der Waals surface area (Å²) in [7, 11) is 0. The molecule has 0 spiro atoms. The molecule has 0 aliphatic carbocycles. The molecule has 100 valence electrons. The van der Waals surface area contributed by atoms with E-state index in [1.54, 1.807) is 18.2 Å². The van der Waals surface area contributed by atoms with Gasteiger partial charge in [-0.05, 0) is 31.0 Å². The van der Waals surface area contributed by atoms with Gasteiger partial charge in [-0.1, -0.05) is 36.8 Å². The van der Waals surface area contributed by atoms with Gasteiger partial charge in [-0.15, -0.1) is 0 Å². The van der Waals surface area contributed by atoms with Crippen LogP contribution in [-0.4, -0.2) is 6.61 Å². The van der Waals surface area contributed by atoms with Gasteiger partial charge in [0, 0.05) is 5.56 Å². The zero-order valence-corrected chi connectivity index (χ0v) is 11.0. The first-order chi connectivity index (χ1) is 9.13. The van der Waals surface area contributed by atoms with E-state index in [0.717, 1.165) is 12.0 Å². The quantitative estimate of drug-likeness (QED) is 0.774. The van der Waals surface area contributed by atoms with Gasteiger partial charge in [0.2, 0.25) is 5.82 Å². The maximum Gasteiger partial charge on any atom is 0.201 e. The zero-order valence-electron chi connectivity index (χ0n) is 11.0. The highest BCUT2D eigenvalue weighted by molar-refractivity contribution is 5.65. The molecular formula is C16H16F2O. The molecule has 3 heteroatoms. The first kappa shape index (κ1) is 13.5. The normalized spacial score (nSPS) is 10.5. The second-order valence-corrected chi connectivity index (χ2v) is 4.45. The summed E-state index contributed by atoms with van der Waals surface area (Å²) in [4.78, 5) is 0. The molecule has 0 heterocycles. The van der Waals surface area contributed by atoms with Crippen LogP contribution in [0, 0.1) is 18.6 Å². The Kier molecular flexibility index (Phi) is 4.15. The minimum atomic E-state index is -0.925. The van der Waals surface area contributed by atoms with Crippen molar-refractivity contribution >= 4 is 0 Å². The fourth-order valence-corrected chi connectivity index (χ4v) is 1.81. The Morgan fingerprint density at radius 2 is 1.63 bits per heavy atom. The van der Waals surface area contributed by atoms with Gasteiger partial charge >= 0.3 is 0 Å². The van der Waals surface area contributed by atoms with E-state index in [0.29, 0.717) is 12.2 Å². The summed E-state index contributed by atoms with van der Waals surface area (Å²) in [6.07, 6.45) is 0.751. The third kappa shape index (κ3) is 2.92. The first-order valence-corrected chi connectivity index (χ1v) is 6.31. The molecule has 0 bridgehead atoms. The Balaban J connectivity index is 2.38. The number of rotatable bonds is 4. The van der Waals surface area contributed by atoms with Crippen LogP contribution in [0.3, 0.4) is 0 Å². The molecule has 0 saturated heterocycles. The summed E-state index contributed by atoms with van der Waals surface area (Å²) < 4.78 is 33.0. The highest BCUT2D eigenvalue weighted by Crippen LogP contribution is 2.30. The molecule has 19 heavy (non-hydrogen) atoms. The van der Waals surface area contributed by atoms with Gasteiger partial charge in [0.15, 0.2) is 11.6 Å². The highest BCUT2D eigenvalue weighted by atomic mass is 19.2. The first-order valence-electron chi connectivity index (χ1n) is 6.31. The number of halogens is 2. The standard InChI is InChI=1S/C16H16F2O/c1-3-10-19-14-9-8-13(15(17)16(14)18)12-6-4-11(2)5-7-12/h4-9H,3,10H2,1-2H3. The molecular weight excluding hydrogens is 246 g/mol. The molecule has 0 aromatic heterocycles. The van der Waals surface area contributed by atoms with Crippen LogP contribution in [-0.2, 0) is 0 Å². The van der Waals surface area contributed by atoms with Crippen molar-refractivity contribution in [2.75, 3.05) is 6.61 Å². The van der Waals surface area contributed by atoms with Crippen molar-refractivity contribution in [3.63, 3.8) is 0 Å². The topological polar surface area (TPSA) is 9.23 Å². The number of hydrogen-bond acceptors (Lipinski definition) is 1. The van der Waals surface area contributed by atoms with Crippen LogP contribution in [0.1, 0.15) is 18.9 Å². The summed E-state index contributed by atoms with van der Waals surface area (Å²) in [6, 6.07) is 10.3. The molecule has 2 rings (SSSR count). The molecule has 0 aliphatic rings. The molecule has 0 N–H and O–H groups in total. The third-order valence-electron chi connectivity index (χ3n) is 2.87. The van der Waals surface area contributed by atoms with E-state index in [1.807, 2.05) is 26.0 Å². The number of aryl methyl sites for hydroxylation is 1. The van der Waals surface area contributed by atoms with Crippen LogP contribution in [0.2, 0.25) is 0 Å². The number of ether oxygens (including phenoxy) is 1. The Labute approximate surface area is 111 Å². The van der Waals surface area contributed by atoms with Crippen LogP contribution in [0.5, 0.6) is 5.75 Å². The lowest BCUT2D eigenvalue weighted by Crippen LogP contribution is -2.00. The van der Waals surface area contributed by atoms with Gasteiger partial charge in [-0.25, -0.2) is 4.39 Å². The second kappa shape index (κ2) is 5.83. The van der Waals surface area contributed by atoms with E-state index in [9.17, 15) is 8.78 Å². The van der Waals surface area contributed by atoms with Crippen LogP contribution >= 0.6 is 0 Å². The molecule has 0 unspecified atom stereocenters. The van der Waals surface area contributed by atoms with Crippen molar-refractivity contribution in [2.24, 2.45) is 0 Å². The van der Waals surface area contributed by atoms with E-state index in [4.69, 9.17) is 4.74 Å². The Hall–Kier alpha value is -1.90. The average molecular weight is 262 g/mol. The van der Waals surface area contributed by atoms with Crippen molar-refractivity contribution in [1.82, 2.24) is 0 Å². The fourth-order valence-electron chi connectivity index (χ4n) is 1.81. The smallest absolute Gasteiger partial charge is 0.201 e. The van der Waals surface area contributed by atoms with Crippen LogP contribution in [0.15, 0.2) is 36.4 Å². The van der Waals surface area contributed by atoms with E-state index >= 15 is 0 Å². The van der Waals surface area contributed by atoms with Gasteiger partial charge in [0.1, 0.15) is 0 Å². The van der Waals surface area contributed by atoms with Gasteiger partial charge in [-0.2, -0.15) is 4.39 Å². The van der Waals surface area contributed by atoms with Crippen molar-refractivity contribution in [1.29, 1.82) is 0 Å². The minimum Gasteiger partial charge on any atom is -0.490 e. The molecule has 0 saturated carbocycles. The van der Waals surface area contributed by atoms with Crippen LogP contribution in [0.25, 0.3) is 11.1 Å². The number of hydrogen-bond donors (Lipinski definition) is 0. The Bertz CT molecular complexity index is 562. The second-order valence-electron chi connectivity index (χ2n) is 4.45. The van der Waals surface area contributed by atoms with Crippen molar-refractivity contribution < 1.29 is 13.5 Å². The lowest BCUT2D eigenvalue weighted by atomic mass is 10.0. The zero-order chi connectivity index (χ0) is 13.8. The molecule has 0 radical (unpaired) electrons. The van der Waals surface area contributed by atoms with Crippen LogP contribution < -0.4 is 4.74 Å². The Morgan fingerprint density at radius 1 is 0.947 bits per heavy atom. The molecule has 2 aromatic carbocycles. The van der Waals surface area contributed by atoms with E-state index in [2.05, 4.69) is 0 Å². The fraction of sp³-hybridized carbons (Fsp3) is 0.250. The third-order valence-corrected chi connectivity index (χ3v) is 2.87. The SMILES string of the molecule is CCCOc1ccc(-c2ccc(C)cc2)c(F)c1F. The molecule has 0 atom stereocenters. The molecule has 2 aromatic rings. The molecule has 0 amide bonds. The van der Waals surface area contributed by atoms with Crippen molar-refractivity contribution in [2.45, 2.75) is 20.3 Å². The minimum absolute atomic E-state index is 0.0322. The average Bonchev–Trinajstić information content (AvgIpc) is 2.42. The monoisotopic (exact) mass is 262 g/mol. The maximum absolute atomic E-state index is 14.0.